The minimum Gasteiger partial charge on any atom is -0.479 e. The second kappa shape index (κ2) is 7.28. The Morgan fingerprint density at radius 2 is 2.21 bits per heavy atom. The van der Waals surface area contributed by atoms with Gasteiger partial charge in [-0.05, 0) is 24.4 Å². The number of benzene rings is 1. The van der Waals surface area contributed by atoms with Crippen LogP contribution < -0.4 is 10.1 Å². The molecule has 0 radical (unpaired) electrons. The third-order valence-electron chi connectivity index (χ3n) is 4.14. The molecule has 1 aromatic carbocycles. The van der Waals surface area contributed by atoms with Gasteiger partial charge in [0.25, 0.3) is 0 Å². The van der Waals surface area contributed by atoms with Crippen molar-refractivity contribution in [2.45, 2.75) is 13.0 Å². The van der Waals surface area contributed by atoms with E-state index in [2.05, 4.69) is 30.2 Å². The topological polar surface area (TPSA) is 126 Å². The molecule has 4 aromatic rings. The Balaban J connectivity index is 1.73. The summed E-state index contributed by atoms with van der Waals surface area (Å²) in [6.45, 7) is 1.39. The predicted octanol–water partition coefficient (Wildman–Crippen LogP) is 3.19. The van der Waals surface area contributed by atoms with Gasteiger partial charge in [-0.2, -0.15) is 0 Å². The maximum atomic E-state index is 10.9. The van der Waals surface area contributed by atoms with E-state index >= 15 is 0 Å². The molecule has 0 aliphatic heterocycles. The van der Waals surface area contributed by atoms with Crippen molar-refractivity contribution in [2.24, 2.45) is 0 Å². The first-order chi connectivity index (χ1) is 13.5. The summed E-state index contributed by atoms with van der Waals surface area (Å²) in [5.74, 6) is -0.373. The Morgan fingerprint density at radius 3 is 3.04 bits per heavy atom. The smallest absolute Gasteiger partial charge is 0.341 e. The summed E-state index contributed by atoms with van der Waals surface area (Å²) in [5, 5.41) is 14.0. The van der Waals surface area contributed by atoms with Crippen LogP contribution in [0.3, 0.4) is 0 Å². The molecule has 0 saturated heterocycles. The van der Waals surface area contributed by atoms with Gasteiger partial charge in [0, 0.05) is 0 Å². The van der Waals surface area contributed by atoms with E-state index in [9.17, 15) is 4.79 Å². The molecule has 0 fully saturated rings. The molecule has 10 heteroatoms. The summed E-state index contributed by atoms with van der Waals surface area (Å²) in [7, 11) is 0. The van der Waals surface area contributed by atoms with Crippen LogP contribution in [0.4, 0.5) is 5.82 Å². The molecule has 0 amide bonds. The predicted molar refractivity (Wildman–Crippen MR) is 104 cm³/mol. The van der Waals surface area contributed by atoms with Gasteiger partial charge in [0.05, 0.1) is 28.5 Å². The number of carboxylic acid groups (broad SMARTS) is 1. The number of nitrogens with one attached hydrogen (secondary N) is 2. The van der Waals surface area contributed by atoms with E-state index in [0.717, 1.165) is 5.39 Å². The van der Waals surface area contributed by atoms with Crippen molar-refractivity contribution >= 4 is 45.3 Å². The molecule has 3 N–H and O–H groups in total. The number of hydrogen-bond donors (Lipinski definition) is 3. The first kappa shape index (κ1) is 17.9. The fourth-order valence-corrected chi connectivity index (χ4v) is 3.12. The van der Waals surface area contributed by atoms with Crippen LogP contribution in [-0.2, 0) is 4.79 Å². The number of imidazole rings is 1. The van der Waals surface area contributed by atoms with E-state index in [1.54, 1.807) is 12.4 Å². The fourth-order valence-electron chi connectivity index (χ4n) is 2.86. The van der Waals surface area contributed by atoms with Crippen molar-refractivity contribution in [2.75, 3.05) is 11.9 Å². The van der Waals surface area contributed by atoms with Crippen LogP contribution in [-0.4, -0.2) is 42.6 Å². The van der Waals surface area contributed by atoms with Crippen LogP contribution in [0.25, 0.3) is 21.9 Å². The number of fused-ring (bicyclic) bond motifs is 2. The summed E-state index contributed by atoms with van der Waals surface area (Å²) < 4.78 is 5.39. The molecule has 0 saturated carbocycles. The molecule has 3 aromatic heterocycles. The van der Waals surface area contributed by atoms with Crippen LogP contribution in [0.2, 0.25) is 5.02 Å². The molecular weight excluding hydrogens is 384 g/mol. The number of rotatable bonds is 6. The van der Waals surface area contributed by atoms with Crippen molar-refractivity contribution in [1.29, 1.82) is 0 Å². The second-order valence-corrected chi connectivity index (χ2v) is 6.47. The standard InChI is InChI=1S/C18H15ClN6O3/c1-9(24-17-15-16(21-7-20-15)22-8-23-17)12-5-10-3-2-4-11(19)14(10)18(25-12)28-6-13(26)27/h2-5,7-9H,6H2,1H3,(H,26,27)(H2,20,21,22,23,24). The van der Waals surface area contributed by atoms with E-state index in [1.807, 2.05) is 25.1 Å². The molecule has 142 valence electrons. The molecule has 1 atom stereocenters. The number of nitrogens with zero attached hydrogens (tertiary/aromatic N) is 4. The molecule has 0 spiro atoms. The van der Waals surface area contributed by atoms with Crippen molar-refractivity contribution in [3.63, 3.8) is 0 Å². The van der Waals surface area contributed by atoms with Crippen molar-refractivity contribution in [1.82, 2.24) is 24.9 Å². The van der Waals surface area contributed by atoms with Crippen LogP contribution in [0.1, 0.15) is 18.7 Å². The SMILES string of the molecule is CC(Nc1ncnc2[nH]cnc12)c1cc2cccc(Cl)c2c(OCC(=O)O)n1. The third-order valence-corrected chi connectivity index (χ3v) is 4.46. The molecule has 28 heavy (non-hydrogen) atoms. The molecule has 9 nitrogen and oxygen atoms in total. The zero-order chi connectivity index (χ0) is 19.7. The lowest BCUT2D eigenvalue weighted by molar-refractivity contribution is -0.139. The Bertz CT molecular complexity index is 1180. The highest BCUT2D eigenvalue weighted by Crippen LogP contribution is 2.33. The van der Waals surface area contributed by atoms with Crippen LogP contribution in [0.15, 0.2) is 36.9 Å². The summed E-state index contributed by atoms with van der Waals surface area (Å²) in [6.07, 6.45) is 2.98. The average Bonchev–Trinajstić information content (AvgIpc) is 3.16. The highest BCUT2D eigenvalue weighted by atomic mass is 35.5. The lowest BCUT2D eigenvalue weighted by atomic mass is 10.1. The van der Waals surface area contributed by atoms with Gasteiger partial charge >= 0.3 is 5.97 Å². The number of H-pyrrole nitrogens is 1. The number of carbonyl (C=O) groups is 1. The number of pyridine rings is 1. The summed E-state index contributed by atoms with van der Waals surface area (Å²) >= 11 is 6.28. The number of carboxylic acids is 1. The fraction of sp³-hybridized carbons (Fsp3) is 0.167. The highest BCUT2D eigenvalue weighted by Gasteiger charge is 2.17. The number of aromatic amines is 1. The van der Waals surface area contributed by atoms with E-state index < -0.39 is 12.6 Å². The van der Waals surface area contributed by atoms with Gasteiger partial charge in [0.1, 0.15) is 11.8 Å². The number of ether oxygens (including phenoxy) is 1. The number of hydrogen-bond acceptors (Lipinski definition) is 7. The van der Waals surface area contributed by atoms with Crippen molar-refractivity contribution in [3.8, 4) is 5.88 Å². The maximum absolute atomic E-state index is 10.9. The number of anilines is 1. The van der Waals surface area contributed by atoms with E-state index in [0.29, 0.717) is 33.1 Å². The van der Waals surface area contributed by atoms with Crippen LogP contribution in [0.5, 0.6) is 5.88 Å². The van der Waals surface area contributed by atoms with E-state index in [4.69, 9.17) is 21.4 Å². The maximum Gasteiger partial charge on any atom is 0.341 e. The number of aromatic nitrogens is 5. The van der Waals surface area contributed by atoms with Gasteiger partial charge in [0.2, 0.25) is 5.88 Å². The van der Waals surface area contributed by atoms with Crippen LogP contribution in [0, 0.1) is 0 Å². The summed E-state index contributed by atoms with van der Waals surface area (Å²) in [4.78, 5) is 30.9. The molecular formula is C18H15ClN6O3. The van der Waals surface area contributed by atoms with Crippen LogP contribution >= 0.6 is 11.6 Å². The van der Waals surface area contributed by atoms with Gasteiger partial charge in [0.15, 0.2) is 18.1 Å². The molecule has 1 unspecified atom stereocenters. The van der Waals surface area contributed by atoms with Gasteiger partial charge in [-0.3, -0.25) is 0 Å². The van der Waals surface area contributed by atoms with Crippen molar-refractivity contribution < 1.29 is 14.6 Å². The lowest BCUT2D eigenvalue weighted by Crippen LogP contribution is -2.14. The van der Waals surface area contributed by atoms with E-state index in [1.165, 1.54) is 6.33 Å². The van der Waals surface area contributed by atoms with Crippen molar-refractivity contribution in [3.05, 3.63) is 47.6 Å². The van der Waals surface area contributed by atoms with Gasteiger partial charge < -0.3 is 20.1 Å². The van der Waals surface area contributed by atoms with E-state index in [-0.39, 0.29) is 11.9 Å². The lowest BCUT2D eigenvalue weighted by Gasteiger charge is -2.17. The first-order valence-corrected chi connectivity index (χ1v) is 8.75. The summed E-state index contributed by atoms with van der Waals surface area (Å²) in [6, 6.07) is 6.98. The normalized spacial score (nSPS) is 12.2. The van der Waals surface area contributed by atoms with Gasteiger partial charge in [-0.15, -0.1) is 0 Å². The highest BCUT2D eigenvalue weighted by molar-refractivity contribution is 6.36. The largest absolute Gasteiger partial charge is 0.479 e. The minimum atomic E-state index is -1.10. The number of aliphatic carboxylic acids is 1. The molecule has 0 aliphatic carbocycles. The zero-order valence-electron chi connectivity index (χ0n) is 14.7. The minimum absolute atomic E-state index is 0.168. The zero-order valence-corrected chi connectivity index (χ0v) is 15.4. The third kappa shape index (κ3) is 3.39. The Kier molecular flexibility index (Phi) is 4.66. The quantitative estimate of drug-likeness (QED) is 0.452. The monoisotopic (exact) mass is 398 g/mol. The molecule has 4 rings (SSSR count). The first-order valence-electron chi connectivity index (χ1n) is 8.37. The van der Waals surface area contributed by atoms with Gasteiger partial charge in [-0.25, -0.2) is 24.7 Å². The Morgan fingerprint density at radius 1 is 1.36 bits per heavy atom. The molecule has 0 aliphatic rings. The summed E-state index contributed by atoms with van der Waals surface area (Å²) in [5.41, 5.74) is 1.87. The number of halogens is 1. The average molecular weight is 399 g/mol. The Hall–Kier alpha value is -3.46. The molecule has 3 heterocycles. The van der Waals surface area contributed by atoms with Gasteiger partial charge in [-0.1, -0.05) is 23.7 Å². The second-order valence-electron chi connectivity index (χ2n) is 6.06. The molecule has 0 bridgehead atoms. The Labute approximate surface area is 163 Å².